The fourth-order valence-electron chi connectivity index (χ4n) is 4.51. The van der Waals surface area contributed by atoms with E-state index in [1.165, 1.54) is 51.8 Å². The monoisotopic (exact) mass is 658 g/mol. The van der Waals surface area contributed by atoms with Gasteiger partial charge in [-0.3, -0.25) is 0 Å². The minimum Gasteiger partial charge on any atom is -1.00 e. The summed E-state index contributed by atoms with van der Waals surface area (Å²) in [6, 6.07) is 14.5. The number of unbranched alkanes of at least 4 members (excludes halogenated alkanes) is 1. The molecule has 0 saturated carbocycles. The van der Waals surface area contributed by atoms with Gasteiger partial charge in [0.25, 0.3) is 0 Å². The molecule has 4 rings (SSSR count). The molecule has 34 heavy (non-hydrogen) atoms. The summed E-state index contributed by atoms with van der Waals surface area (Å²) < 4.78 is 3.30. The van der Waals surface area contributed by atoms with Gasteiger partial charge >= 0.3 is 206 Å². The Morgan fingerprint density at radius 1 is 0.765 bits per heavy atom. The molecule has 0 atom stereocenters. The van der Waals surface area contributed by atoms with E-state index < -0.39 is 21.9 Å². The molecule has 0 spiro atoms. The molecule has 0 unspecified atom stereocenters. The number of benzene rings is 2. The molecule has 0 nitrogen and oxygen atoms in total. The summed E-state index contributed by atoms with van der Waals surface area (Å²) in [6.07, 6.45) is 12.8. The van der Waals surface area contributed by atoms with Crippen LogP contribution >= 0.6 is 0 Å². The summed E-state index contributed by atoms with van der Waals surface area (Å²) in [5.41, 5.74) is 10.6. The predicted molar refractivity (Wildman–Crippen MR) is 139 cm³/mol. The maximum Gasteiger partial charge on any atom is -1.00 e. The van der Waals surface area contributed by atoms with E-state index in [2.05, 4.69) is 103 Å². The van der Waals surface area contributed by atoms with Crippen molar-refractivity contribution in [2.75, 3.05) is 0 Å². The van der Waals surface area contributed by atoms with E-state index in [1.54, 1.807) is 6.51 Å². The zero-order chi connectivity index (χ0) is 23.1. The number of hydrogen-bond acceptors (Lipinski definition) is 0. The van der Waals surface area contributed by atoms with Crippen LogP contribution in [0.1, 0.15) is 83.1 Å². The SMILES string of the molecule is C=CCCCC1=C[C](=[Hf+2]=[C]2c3cc(C(C)(C)C)ccc3-c3ccc(C(C)(C)C)cc32)C=C1.[Cl-].[Cl-]. The van der Waals surface area contributed by atoms with Gasteiger partial charge in [0, 0.05) is 0 Å². The average molecular weight is 658 g/mol. The molecule has 0 fully saturated rings. The van der Waals surface area contributed by atoms with Crippen LogP contribution in [0.4, 0.5) is 0 Å². The Hall–Kier alpha value is -1.15. The summed E-state index contributed by atoms with van der Waals surface area (Å²) in [5.74, 6) is 0. The Balaban J connectivity index is 0.00000204. The molecule has 0 saturated heterocycles. The molecule has 0 amide bonds. The first-order chi connectivity index (χ1) is 15.1. The van der Waals surface area contributed by atoms with Crippen molar-refractivity contribution in [3.05, 3.63) is 95.1 Å². The fourth-order valence-corrected chi connectivity index (χ4v) is 9.52. The number of fused-ring (bicyclic) bond motifs is 3. The van der Waals surface area contributed by atoms with Crippen molar-refractivity contribution in [2.24, 2.45) is 0 Å². The third-order valence-electron chi connectivity index (χ3n) is 6.56. The van der Waals surface area contributed by atoms with E-state index in [0.29, 0.717) is 0 Å². The zero-order valence-electron chi connectivity index (χ0n) is 21.4. The Morgan fingerprint density at radius 3 is 1.76 bits per heavy atom. The predicted octanol–water partition coefficient (Wildman–Crippen LogP) is 1.95. The number of halogens is 2. The Kier molecular flexibility index (Phi) is 9.64. The minimum atomic E-state index is -1.21. The first-order valence-corrected chi connectivity index (χ1v) is 15.5. The molecule has 0 heterocycles. The van der Waals surface area contributed by atoms with Gasteiger partial charge in [0.2, 0.25) is 0 Å². The minimum absolute atomic E-state index is 0. The van der Waals surface area contributed by atoms with E-state index in [1.807, 2.05) is 6.08 Å². The molecule has 0 aromatic heterocycles. The molecule has 0 aliphatic heterocycles. The van der Waals surface area contributed by atoms with Gasteiger partial charge < -0.3 is 24.8 Å². The molecule has 2 aliphatic carbocycles. The third kappa shape index (κ3) is 6.15. The van der Waals surface area contributed by atoms with Crippen molar-refractivity contribution < 1.29 is 46.8 Å². The second kappa shape index (κ2) is 11.3. The summed E-state index contributed by atoms with van der Waals surface area (Å²) in [4.78, 5) is 0. The Morgan fingerprint density at radius 2 is 1.29 bits per heavy atom. The van der Waals surface area contributed by atoms with E-state index in [4.69, 9.17) is 0 Å². The average Bonchev–Trinajstić information content (AvgIpc) is 3.29. The first kappa shape index (κ1) is 29.1. The van der Waals surface area contributed by atoms with Gasteiger partial charge in [0.15, 0.2) is 0 Å². The smallest absolute Gasteiger partial charge is 1.00 e. The molecule has 178 valence electrons. The van der Waals surface area contributed by atoms with Crippen LogP contribution in [-0.4, -0.2) is 6.51 Å². The number of rotatable bonds is 4. The van der Waals surface area contributed by atoms with Crippen molar-refractivity contribution in [1.29, 1.82) is 0 Å². The Bertz CT molecular complexity index is 1140. The van der Waals surface area contributed by atoms with Gasteiger partial charge in [0.05, 0.1) is 0 Å². The largest absolute Gasteiger partial charge is 1.00 e. The molecule has 2 aromatic carbocycles. The van der Waals surface area contributed by atoms with Gasteiger partial charge in [-0.25, -0.2) is 0 Å². The van der Waals surface area contributed by atoms with Gasteiger partial charge in [-0.2, -0.15) is 0 Å². The van der Waals surface area contributed by atoms with Crippen LogP contribution in [0.5, 0.6) is 0 Å². The maximum atomic E-state index is 3.86. The molecule has 2 aliphatic rings. The van der Waals surface area contributed by atoms with Crippen molar-refractivity contribution in [1.82, 2.24) is 0 Å². The molecule has 2 aromatic rings. The van der Waals surface area contributed by atoms with Crippen LogP contribution in [-0.2, 0) is 32.8 Å². The number of allylic oxidation sites excluding steroid dienone is 5. The normalized spacial score (nSPS) is 14.4. The molecular formula is C31H36Cl2Hf. The zero-order valence-corrected chi connectivity index (χ0v) is 26.5. The van der Waals surface area contributed by atoms with E-state index in [-0.39, 0.29) is 35.6 Å². The summed E-state index contributed by atoms with van der Waals surface area (Å²) in [7, 11) is 0. The molecule has 0 radical (unpaired) electrons. The van der Waals surface area contributed by atoms with Crippen LogP contribution < -0.4 is 24.8 Å². The van der Waals surface area contributed by atoms with Crippen LogP contribution in [0.15, 0.2) is 72.9 Å². The molecule has 0 bridgehead atoms. The van der Waals surface area contributed by atoms with Crippen LogP contribution in [0.2, 0.25) is 0 Å². The van der Waals surface area contributed by atoms with E-state index >= 15 is 0 Å². The molecule has 0 N–H and O–H groups in total. The third-order valence-corrected chi connectivity index (χ3v) is 11.5. The summed E-state index contributed by atoms with van der Waals surface area (Å²) >= 11 is -1.21. The standard InChI is InChI=1S/C21H24.C10H12.2ClH.Hf/c1-20(2,3)16-7-9-18-14(12-16)11-15-13-17(21(4,5)6)8-10-19(15)18;1-2-3-4-7-10-8-5-6-9-10;;;/h7-10,12-13H,1-6H3;2,5,8-9H,1,3-4,7H2;2*1H;/q;;;;+2/p-2. The topological polar surface area (TPSA) is 0 Å². The Labute approximate surface area is 229 Å². The molecule has 3 heteroatoms. The van der Waals surface area contributed by atoms with E-state index in [9.17, 15) is 0 Å². The summed E-state index contributed by atoms with van der Waals surface area (Å²) in [5, 5.41) is 0. The van der Waals surface area contributed by atoms with Crippen molar-refractivity contribution in [3.63, 3.8) is 0 Å². The van der Waals surface area contributed by atoms with Crippen molar-refractivity contribution in [3.8, 4) is 11.1 Å². The second-order valence-electron chi connectivity index (χ2n) is 11.2. The fraction of sp³-hybridized carbons (Fsp3) is 0.355. The van der Waals surface area contributed by atoms with Crippen molar-refractivity contribution in [2.45, 2.75) is 71.6 Å². The number of hydrogen-bond donors (Lipinski definition) is 0. The molecular weight excluding hydrogens is 622 g/mol. The van der Waals surface area contributed by atoms with Crippen LogP contribution in [0, 0.1) is 0 Å². The summed E-state index contributed by atoms with van der Waals surface area (Å²) in [6.45, 7) is 17.8. The van der Waals surface area contributed by atoms with Crippen LogP contribution in [0.3, 0.4) is 0 Å². The van der Waals surface area contributed by atoms with Gasteiger partial charge in [-0.05, 0) is 0 Å². The van der Waals surface area contributed by atoms with Crippen LogP contribution in [0.25, 0.3) is 11.1 Å². The van der Waals surface area contributed by atoms with Gasteiger partial charge in [0.1, 0.15) is 0 Å². The second-order valence-corrected chi connectivity index (χ2v) is 16.0. The maximum absolute atomic E-state index is 3.86. The van der Waals surface area contributed by atoms with Gasteiger partial charge in [-0.15, -0.1) is 0 Å². The first-order valence-electron chi connectivity index (χ1n) is 11.9. The quantitative estimate of drug-likeness (QED) is 0.229. The van der Waals surface area contributed by atoms with E-state index in [0.717, 1.165) is 6.42 Å². The van der Waals surface area contributed by atoms with Gasteiger partial charge in [-0.1, -0.05) is 0 Å². The van der Waals surface area contributed by atoms with Crippen molar-refractivity contribution >= 4 is 6.51 Å².